The van der Waals surface area contributed by atoms with Gasteiger partial charge in [-0.25, -0.2) is 0 Å². The van der Waals surface area contributed by atoms with Crippen molar-refractivity contribution in [2.45, 2.75) is 174 Å². The van der Waals surface area contributed by atoms with Crippen LogP contribution in [0.2, 0.25) is 0 Å². The Morgan fingerprint density at radius 1 is 0.303 bits per heavy atom. The van der Waals surface area contributed by atoms with Gasteiger partial charge in [0.05, 0.1) is 27.2 Å². The summed E-state index contributed by atoms with van der Waals surface area (Å²) in [7, 11) is 4.91. The summed E-state index contributed by atoms with van der Waals surface area (Å²) in [4.78, 5) is 0. The van der Waals surface area contributed by atoms with E-state index >= 15 is 0 Å². The SMILES string of the molecule is CCCCCCCCCCCCCCCCC[N+](C)(C)CCCCCCCCCCCC.[Cl-]. The van der Waals surface area contributed by atoms with Crippen molar-refractivity contribution < 1.29 is 16.9 Å². The molecule has 0 amide bonds. The zero-order chi connectivity index (χ0) is 23.6. The van der Waals surface area contributed by atoms with Crippen molar-refractivity contribution in [3.63, 3.8) is 0 Å². The lowest BCUT2D eigenvalue weighted by atomic mass is 10.0. The van der Waals surface area contributed by atoms with Gasteiger partial charge in [0.15, 0.2) is 0 Å². The molecule has 33 heavy (non-hydrogen) atoms. The van der Waals surface area contributed by atoms with Gasteiger partial charge in [0, 0.05) is 0 Å². The molecule has 0 saturated carbocycles. The normalized spacial score (nSPS) is 11.6. The number of hydrogen-bond acceptors (Lipinski definition) is 0. The first kappa shape index (κ1) is 35.4. The van der Waals surface area contributed by atoms with Crippen LogP contribution in [0.25, 0.3) is 0 Å². The van der Waals surface area contributed by atoms with Crippen molar-refractivity contribution in [3.05, 3.63) is 0 Å². The lowest BCUT2D eigenvalue weighted by Crippen LogP contribution is -3.00. The van der Waals surface area contributed by atoms with Gasteiger partial charge in [-0.15, -0.1) is 0 Å². The number of quaternary nitrogens is 1. The molecule has 0 aromatic carbocycles. The molecule has 202 valence electrons. The predicted octanol–water partition coefficient (Wildman–Crippen LogP) is 7.86. The van der Waals surface area contributed by atoms with Crippen LogP contribution in [-0.4, -0.2) is 31.7 Å². The number of unbranched alkanes of at least 4 members (excludes halogenated alkanes) is 23. The van der Waals surface area contributed by atoms with Crippen molar-refractivity contribution in [2.75, 3.05) is 27.2 Å². The van der Waals surface area contributed by atoms with Crippen LogP contribution in [0.1, 0.15) is 174 Å². The van der Waals surface area contributed by atoms with Gasteiger partial charge >= 0.3 is 0 Å². The largest absolute Gasteiger partial charge is 1.00 e. The summed E-state index contributed by atoms with van der Waals surface area (Å²) in [5.41, 5.74) is 0. The highest BCUT2D eigenvalue weighted by atomic mass is 35.5. The highest BCUT2D eigenvalue weighted by Gasteiger charge is 2.13. The number of hydrogen-bond donors (Lipinski definition) is 0. The molecule has 0 fully saturated rings. The molecule has 0 atom stereocenters. The summed E-state index contributed by atoms with van der Waals surface area (Å²) >= 11 is 0. The Bertz CT molecular complexity index is 342. The second-order valence-electron chi connectivity index (χ2n) is 11.5. The van der Waals surface area contributed by atoms with E-state index in [2.05, 4.69) is 27.9 Å². The minimum atomic E-state index is 0. The lowest BCUT2D eigenvalue weighted by molar-refractivity contribution is -0.890. The molecule has 0 aliphatic rings. The van der Waals surface area contributed by atoms with Crippen molar-refractivity contribution in [1.29, 1.82) is 0 Å². The zero-order valence-corrected chi connectivity index (χ0v) is 24.7. The van der Waals surface area contributed by atoms with Crippen LogP contribution < -0.4 is 12.4 Å². The molecule has 2 heteroatoms. The van der Waals surface area contributed by atoms with E-state index in [0.29, 0.717) is 0 Å². The quantitative estimate of drug-likeness (QED) is 0.0816. The van der Waals surface area contributed by atoms with Gasteiger partial charge in [0.25, 0.3) is 0 Å². The Kier molecular flexibility index (Phi) is 30.6. The second-order valence-corrected chi connectivity index (χ2v) is 11.5. The lowest BCUT2D eigenvalue weighted by Gasteiger charge is -2.30. The molecular weight excluding hydrogens is 422 g/mol. The van der Waals surface area contributed by atoms with E-state index in [1.807, 2.05) is 0 Å². The molecule has 0 radical (unpaired) electrons. The second kappa shape index (κ2) is 28.5. The van der Waals surface area contributed by atoms with E-state index in [0.717, 1.165) is 0 Å². The highest BCUT2D eigenvalue weighted by molar-refractivity contribution is 4.51. The molecule has 0 unspecified atom stereocenters. The monoisotopic (exact) mass is 487 g/mol. The fourth-order valence-electron chi connectivity index (χ4n) is 5.05. The summed E-state index contributed by atoms with van der Waals surface area (Å²) < 4.78 is 1.25. The summed E-state index contributed by atoms with van der Waals surface area (Å²) in [6, 6.07) is 0. The molecular formula is C31H66ClN. The standard InChI is InChI=1S/C31H66N.ClH/c1-5-7-9-11-13-15-17-18-19-20-21-23-25-27-29-31-32(3,4)30-28-26-24-22-16-14-12-10-8-6-2;/h5-31H2,1-4H3;1H/q+1;/p-1. The topological polar surface area (TPSA) is 0 Å². The molecule has 0 spiro atoms. The van der Waals surface area contributed by atoms with Crippen LogP contribution in [0.15, 0.2) is 0 Å². The molecule has 0 heterocycles. The Balaban J connectivity index is 0. The molecule has 0 saturated heterocycles. The average Bonchev–Trinajstić information content (AvgIpc) is 2.77. The third-order valence-corrected chi connectivity index (χ3v) is 7.48. The van der Waals surface area contributed by atoms with Crippen LogP contribution in [0, 0.1) is 0 Å². The molecule has 0 aliphatic heterocycles. The Hall–Kier alpha value is 0.250. The summed E-state index contributed by atoms with van der Waals surface area (Å²) in [5.74, 6) is 0. The maximum atomic E-state index is 2.46. The Morgan fingerprint density at radius 3 is 0.697 bits per heavy atom. The third-order valence-electron chi connectivity index (χ3n) is 7.48. The first-order valence-electron chi connectivity index (χ1n) is 15.4. The first-order valence-corrected chi connectivity index (χ1v) is 15.4. The smallest absolute Gasteiger partial charge is 0.0782 e. The summed E-state index contributed by atoms with van der Waals surface area (Å²) in [6.07, 6.45) is 36.5. The average molecular weight is 488 g/mol. The minimum Gasteiger partial charge on any atom is -1.00 e. The highest BCUT2D eigenvalue weighted by Crippen LogP contribution is 2.15. The molecule has 1 nitrogen and oxygen atoms in total. The maximum absolute atomic E-state index is 2.46. The summed E-state index contributed by atoms with van der Waals surface area (Å²) in [6.45, 7) is 7.38. The predicted molar refractivity (Wildman–Crippen MR) is 149 cm³/mol. The zero-order valence-electron chi connectivity index (χ0n) is 23.9. The van der Waals surface area contributed by atoms with E-state index in [1.165, 1.54) is 178 Å². The van der Waals surface area contributed by atoms with Gasteiger partial charge in [-0.1, -0.05) is 149 Å². The molecule has 0 aromatic heterocycles. The van der Waals surface area contributed by atoms with Gasteiger partial charge in [-0.3, -0.25) is 0 Å². The van der Waals surface area contributed by atoms with Crippen molar-refractivity contribution in [1.82, 2.24) is 0 Å². The van der Waals surface area contributed by atoms with Gasteiger partial charge < -0.3 is 16.9 Å². The molecule has 0 N–H and O–H groups in total. The molecule has 0 aromatic rings. The molecule has 0 aliphatic carbocycles. The van der Waals surface area contributed by atoms with E-state index in [4.69, 9.17) is 0 Å². The maximum Gasteiger partial charge on any atom is 0.0782 e. The van der Waals surface area contributed by atoms with Gasteiger partial charge in [0.2, 0.25) is 0 Å². The fourth-order valence-corrected chi connectivity index (χ4v) is 5.05. The van der Waals surface area contributed by atoms with Crippen molar-refractivity contribution >= 4 is 0 Å². The number of rotatable bonds is 27. The van der Waals surface area contributed by atoms with E-state index in [-0.39, 0.29) is 12.4 Å². The van der Waals surface area contributed by atoms with Crippen LogP contribution in [0.4, 0.5) is 0 Å². The molecule has 0 rings (SSSR count). The van der Waals surface area contributed by atoms with Crippen LogP contribution in [-0.2, 0) is 0 Å². The van der Waals surface area contributed by atoms with Crippen LogP contribution >= 0.6 is 0 Å². The van der Waals surface area contributed by atoms with Crippen molar-refractivity contribution in [3.8, 4) is 0 Å². The summed E-state index contributed by atoms with van der Waals surface area (Å²) in [5, 5.41) is 0. The third kappa shape index (κ3) is 30.2. The number of halogens is 1. The first-order chi connectivity index (χ1) is 15.6. The van der Waals surface area contributed by atoms with E-state index < -0.39 is 0 Å². The van der Waals surface area contributed by atoms with Crippen LogP contribution in [0.3, 0.4) is 0 Å². The van der Waals surface area contributed by atoms with E-state index in [9.17, 15) is 0 Å². The number of nitrogens with zero attached hydrogens (tertiary/aromatic N) is 1. The van der Waals surface area contributed by atoms with E-state index in [1.54, 1.807) is 0 Å². The van der Waals surface area contributed by atoms with Gasteiger partial charge in [0.1, 0.15) is 0 Å². The van der Waals surface area contributed by atoms with Gasteiger partial charge in [-0.05, 0) is 25.7 Å². The minimum absolute atomic E-state index is 0. The Morgan fingerprint density at radius 2 is 0.485 bits per heavy atom. The van der Waals surface area contributed by atoms with Crippen molar-refractivity contribution in [2.24, 2.45) is 0 Å². The van der Waals surface area contributed by atoms with Crippen LogP contribution in [0.5, 0.6) is 0 Å². The Labute approximate surface area is 218 Å². The fraction of sp³-hybridized carbons (Fsp3) is 1.00. The van der Waals surface area contributed by atoms with Gasteiger partial charge in [-0.2, -0.15) is 0 Å². The molecule has 0 bridgehead atoms.